The molecule has 1 aromatic carbocycles. The van der Waals surface area contributed by atoms with Gasteiger partial charge in [-0.3, -0.25) is 0 Å². The number of rotatable bonds is 5. The minimum atomic E-state index is -5.31. The highest BCUT2D eigenvalue weighted by molar-refractivity contribution is 5.97. The molecule has 7 rings (SSSR count). The van der Waals surface area contributed by atoms with Crippen LogP contribution >= 0.6 is 0 Å². The molecule has 9 nitrogen and oxygen atoms in total. The highest BCUT2D eigenvalue weighted by atomic mass is 19.4. The van der Waals surface area contributed by atoms with E-state index in [-0.39, 0.29) is 24.8 Å². The molecule has 254 valence electrons. The normalized spacial score (nSPS) is 27.8. The number of halogens is 10. The maximum absolute atomic E-state index is 16.5. The number of aliphatic hydroxyl groups excluding tert-OH is 1. The van der Waals surface area contributed by atoms with Crippen LogP contribution in [-0.2, 0) is 6.18 Å². The molecule has 3 fully saturated rings. The zero-order chi connectivity index (χ0) is 34.0. The average Bonchev–Trinajstić information content (AvgIpc) is 3.40. The molecule has 1 aliphatic carbocycles. The number of piperazine rings is 1. The van der Waals surface area contributed by atoms with E-state index in [4.69, 9.17) is 15.2 Å². The zero-order valence-corrected chi connectivity index (χ0v) is 24.0. The highest BCUT2D eigenvalue weighted by Crippen LogP contribution is 2.60. The molecule has 0 radical (unpaired) electrons. The fraction of sp³-hybridized carbons (Fsp3) is 0.536. The standard InChI is InChI=1S/C28H24F10N6O3/c1-9-15(27(33,34)35)11(4-12(39)16(9)29)18-17(30)19-14-22(43-24(42-19)46-8-25(7-45)6-26(25,31)32)44-5-10-2-3-13(40-10)20(44)21(28(36,37)38)47-23(14)41-18/h4,10,13,20-21,40,45H,2-3,5-8,39H2,1H3/t10-,13+,20+,21-,25?/m1/s1. The lowest BCUT2D eigenvalue weighted by Crippen LogP contribution is -2.66. The summed E-state index contributed by atoms with van der Waals surface area (Å²) in [6.45, 7) is -1.25. The molecular formula is C28H24F10N6O3. The average molecular weight is 683 g/mol. The maximum atomic E-state index is 16.5. The van der Waals surface area contributed by atoms with Gasteiger partial charge in [0.2, 0.25) is 12.0 Å². The first kappa shape index (κ1) is 31.7. The summed E-state index contributed by atoms with van der Waals surface area (Å²) in [4.78, 5) is 13.1. The maximum Gasteiger partial charge on any atom is 0.427 e. The summed E-state index contributed by atoms with van der Waals surface area (Å²) in [5.41, 5.74) is -3.23. The quantitative estimate of drug-likeness (QED) is 0.255. The van der Waals surface area contributed by atoms with Gasteiger partial charge in [0.05, 0.1) is 29.3 Å². The summed E-state index contributed by atoms with van der Waals surface area (Å²) < 4.78 is 157. The van der Waals surface area contributed by atoms with Crippen molar-refractivity contribution in [3.05, 3.63) is 28.8 Å². The van der Waals surface area contributed by atoms with Crippen LogP contribution in [0.3, 0.4) is 0 Å². The molecule has 0 spiro atoms. The number of hydrogen-bond donors (Lipinski definition) is 3. The Morgan fingerprint density at radius 2 is 1.81 bits per heavy atom. The fourth-order valence-corrected chi connectivity index (χ4v) is 6.86. The number of aromatic nitrogens is 3. The molecule has 1 unspecified atom stereocenters. The topological polar surface area (TPSA) is 119 Å². The second-order valence-electron chi connectivity index (χ2n) is 12.3. The fourth-order valence-electron chi connectivity index (χ4n) is 6.86. The summed E-state index contributed by atoms with van der Waals surface area (Å²) >= 11 is 0. The van der Waals surface area contributed by atoms with Gasteiger partial charge in [-0.25, -0.2) is 22.5 Å². The Morgan fingerprint density at radius 3 is 2.43 bits per heavy atom. The van der Waals surface area contributed by atoms with Gasteiger partial charge in [-0.1, -0.05) is 0 Å². The molecule has 5 heterocycles. The molecule has 0 amide bonds. The van der Waals surface area contributed by atoms with E-state index in [1.54, 1.807) is 0 Å². The predicted octanol–water partition coefficient (Wildman–Crippen LogP) is 4.91. The van der Waals surface area contributed by atoms with Crippen LogP contribution in [0.4, 0.5) is 55.4 Å². The van der Waals surface area contributed by atoms with E-state index < -0.39 is 124 Å². The number of ether oxygens (including phenoxy) is 2. The van der Waals surface area contributed by atoms with Crippen LogP contribution in [0.5, 0.6) is 11.9 Å². The molecule has 1 saturated carbocycles. The summed E-state index contributed by atoms with van der Waals surface area (Å²) in [6.07, 6.45) is -13.1. The van der Waals surface area contributed by atoms with Crippen molar-refractivity contribution in [1.29, 1.82) is 0 Å². The van der Waals surface area contributed by atoms with Gasteiger partial charge < -0.3 is 30.5 Å². The summed E-state index contributed by atoms with van der Waals surface area (Å²) in [6, 6.07) is -3.05. The number of nitrogen functional groups attached to an aromatic ring is 1. The minimum Gasteiger partial charge on any atom is -0.462 e. The number of alkyl halides is 8. The lowest BCUT2D eigenvalue weighted by Gasteiger charge is -2.43. The second kappa shape index (κ2) is 10.1. The second-order valence-corrected chi connectivity index (χ2v) is 12.3. The van der Waals surface area contributed by atoms with Crippen LogP contribution in [0.15, 0.2) is 6.07 Å². The molecule has 3 aromatic rings. The van der Waals surface area contributed by atoms with Gasteiger partial charge in [-0.2, -0.15) is 36.3 Å². The van der Waals surface area contributed by atoms with E-state index in [1.807, 2.05) is 0 Å². The third-order valence-corrected chi connectivity index (χ3v) is 9.38. The van der Waals surface area contributed by atoms with Gasteiger partial charge in [-0.15, -0.1) is 0 Å². The Hall–Kier alpha value is -3.87. The van der Waals surface area contributed by atoms with Crippen LogP contribution in [0, 0.1) is 24.0 Å². The lowest BCUT2D eigenvalue weighted by atomic mass is 9.96. The van der Waals surface area contributed by atoms with E-state index in [0.29, 0.717) is 12.5 Å². The minimum absolute atomic E-state index is 0.101. The van der Waals surface area contributed by atoms with E-state index in [0.717, 1.165) is 6.92 Å². The third kappa shape index (κ3) is 4.78. The van der Waals surface area contributed by atoms with Crippen molar-refractivity contribution in [1.82, 2.24) is 20.3 Å². The van der Waals surface area contributed by atoms with E-state index >= 15 is 4.39 Å². The Kier molecular flexibility index (Phi) is 6.79. The first-order valence-electron chi connectivity index (χ1n) is 14.3. The molecule has 5 atom stereocenters. The molecule has 19 heteroatoms. The molecule has 4 aliphatic rings. The molecule has 4 N–H and O–H groups in total. The van der Waals surface area contributed by atoms with Crippen molar-refractivity contribution in [2.24, 2.45) is 5.41 Å². The monoisotopic (exact) mass is 682 g/mol. The summed E-state index contributed by atoms with van der Waals surface area (Å²) in [5, 5.41) is 12.1. The number of hydrogen-bond acceptors (Lipinski definition) is 9. The number of fused-ring (bicyclic) bond motifs is 5. The van der Waals surface area contributed by atoms with Crippen molar-refractivity contribution in [3.8, 4) is 23.1 Å². The molecule has 3 aliphatic heterocycles. The van der Waals surface area contributed by atoms with Crippen molar-refractivity contribution in [2.45, 2.75) is 68.7 Å². The first-order chi connectivity index (χ1) is 21.9. The summed E-state index contributed by atoms with van der Waals surface area (Å²) in [7, 11) is 0. The van der Waals surface area contributed by atoms with E-state index in [9.17, 15) is 44.6 Å². The first-order valence-corrected chi connectivity index (χ1v) is 14.3. The molecule has 2 bridgehead atoms. The zero-order valence-electron chi connectivity index (χ0n) is 24.0. The number of aliphatic hydroxyl groups is 1. The van der Waals surface area contributed by atoms with Gasteiger partial charge in [-0.05, 0) is 31.4 Å². The Labute approximate surface area is 258 Å². The van der Waals surface area contributed by atoms with Crippen LogP contribution in [0.2, 0.25) is 0 Å². The smallest absolute Gasteiger partial charge is 0.427 e. The number of pyridine rings is 1. The predicted molar refractivity (Wildman–Crippen MR) is 143 cm³/mol. The molecule has 2 aromatic heterocycles. The molecule has 47 heavy (non-hydrogen) atoms. The number of nitrogens with one attached hydrogen (secondary N) is 1. The highest BCUT2D eigenvalue weighted by Gasteiger charge is 2.71. The van der Waals surface area contributed by atoms with Crippen molar-refractivity contribution < 1.29 is 58.5 Å². The van der Waals surface area contributed by atoms with Gasteiger partial charge in [0.25, 0.3) is 5.92 Å². The van der Waals surface area contributed by atoms with Crippen LogP contribution < -0.4 is 25.4 Å². The molecular weight excluding hydrogens is 658 g/mol. The number of nitrogens with zero attached hydrogens (tertiary/aromatic N) is 4. The third-order valence-electron chi connectivity index (χ3n) is 9.38. The molecule has 2 saturated heterocycles. The van der Waals surface area contributed by atoms with Crippen molar-refractivity contribution >= 4 is 22.4 Å². The Balaban J connectivity index is 1.50. The number of benzene rings is 1. The Bertz CT molecular complexity index is 1800. The van der Waals surface area contributed by atoms with E-state index in [1.165, 1.54) is 4.90 Å². The van der Waals surface area contributed by atoms with Crippen LogP contribution in [0.25, 0.3) is 22.2 Å². The van der Waals surface area contributed by atoms with Gasteiger partial charge in [0.15, 0.2) is 5.82 Å². The number of nitrogens with two attached hydrogens (primary N) is 1. The van der Waals surface area contributed by atoms with E-state index in [2.05, 4.69) is 20.3 Å². The number of anilines is 2. The summed E-state index contributed by atoms with van der Waals surface area (Å²) in [5.74, 6) is -7.74. The van der Waals surface area contributed by atoms with Gasteiger partial charge in [0, 0.05) is 30.6 Å². The van der Waals surface area contributed by atoms with Crippen LogP contribution in [0.1, 0.15) is 30.4 Å². The Morgan fingerprint density at radius 1 is 1.11 bits per heavy atom. The largest absolute Gasteiger partial charge is 0.462 e. The van der Waals surface area contributed by atoms with Crippen molar-refractivity contribution in [3.63, 3.8) is 0 Å². The lowest BCUT2D eigenvalue weighted by molar-refractivity contribution is -0.203. The van der Waals surface area contributed by atoms with Crippen LogP contribution in [-0.4, -0.2) is 76.1 Å². The SMILES string of the molecule is Cc1c(F)c(N)cc(-c2nc3c4c(nc(OCC5(CO)CC5(F)F)nc4c2F)N2C[C@H]4CC[C@H](N4)[C@H]2[C@H](C(F)(F)F)O3)c1C(F)(F)F. The van der Waals surface area contributed by atoms with Gasteiger partial charge in [0.1, 0.15) is 34.8 Å². The van der Waals surface area contributed by atoms with Crippen molar-refractivity contribution in [2.75, 3.05) is 30.4 Å². The van der Waals surface area contributed by atoms with Gasteiger partial charge >= 0.3 is 18.4 Å².